The Labute approximate surface area is 88.3 Å². The monoisotopic (exact) mass is 215 g/mol. The van der Waals surface area contributed by atoms with Gasteiger partial charge in [-0.25, -0.2) is 0 Å². The third kappa shape index (κ3) is 3.89. The Bertz CT molecular complexity index is 276. The van der Waals surface area contributed by atoms with Gasteiger partial charge >= 0.3 is 0 Å². The molecule has 0 bridgehead atoms. The quantitative estimate of drug-likeness (QED) is 0.803. The molecule has 0 aromatic carbocycles. The average Bonchev–Trinajstić information content (AvgIpc) is 2.07. The first-order chi connectivity index (χ1) is 6.58. The van der Waals surface area contributed by atoms with Crippen LogP contribution in [0, 0.1) is 0 Å². The third-order valence-electron chi connectivity index (χ3n) is 1.72. The second-order valence-electron chi connectivity index (χ2n) is 3.37. The maximum atomic E-state index is 9.15. The summed E-state index contributed by atoms with van der Waals surface area (Å²) in [4.78, 5) is 0. The summed E-state index contributed by atoms with van der Waals surface area (Å²) in [5, 5.41) is 20.2. The van der Waals surface area contributed by atoms with Gasteiger partial charge in [-0.1, -0.05) is 11.6 Å². The van der Waals surface area contributed by atoms with Gasteiger partial charge in [0.1, 0.15) is 5.82 Å². The van der Waals surface area contributed by atoms with Gasteiger partial charge in [0.05, 0.1) is 6.10 Å². The molecule has 0 radical (unpaired) electrons. The van der Waals surface area contributed by atoms with Gasteiger partial charge < -0.3 is 10.4 Å². The zero-order valence-electron chi connectivity index (χ0n) is 8.24. The highest BCUT2D eigenvalue weighted by atomic mass is 35.5. The summed E-state index contributed by atoms with van der Waals surface area (Å²) < 4.78 is 0. The van der Waals surface area contributed by atoms with Gasteiger partial charge in [0.25, 0.3) is 0 Å². The molecule has 0 amide bonds. The normalized spacial score (nSPS) is 14.9. The van der Waals surface area contributed by atoms with E-state index in [9.17, 15) is 0 Å². The molecule has 0 spiro atoms. The van der Waals surface area contributed by atoms with Crippen molar-refractivity contribution in [3.8, 4) is 0 Å². The van der Waals surface area contributed by atoms with Gasteiger partial charge in [0.2, 0.25) is 0 Å². The summed E-state index contributed by atoms with van der Waals surface area (Å²) >= 11 is 5.59. The number of anilines is 1. The van der Waals surface area contributed by atoms with Crippen molar-refractivity contribution in [1.82, 2.24) is 10.2 Å². The molecule has 1 aromatic rings. The van der Waals surface area contributed by atoms with Gasteiger partial charge in [-0.15, -0.1) is 10.2 Å². The Morgan fingerprint density at radius 3 is 2.64 bits per heavy atom. The highest BCUT2D eigenvalue weighted by Crippen LogP contribution is 2.09. The summed E-state index contributed by atoms with van der Waals surface area (Å²) in [6, 6.07) is 3.59. The Morgan fingerprint density at radius 1 is 1.43 bits per heavy atom. The minimum absolute atomic E-state index is 0.158. The molecule has 0 fully saturated rings. The fraction of sp³-hybridized carbons (Fsp3) is 0.556. The molecule has 2 unspecified atom stereocenters. The second kappa shape index (κ2) is 5.12. The molecule has 78 valence electrons. The summed E-state index contributed by atoms with van der Waals surface area (Å²) in [6.45, 7) is 3.73. The van der Waals surface area contributed by atoms with Crippen molar-refractivity contribution < 1.29 is 5.11 Å². The smallest absolute Gasteiger partial charge is 0.151 e. The van der Waals surface area contributed by atoms with Crippen LogP contribution in [0.2, 0.25) is 5.15 Å². The lowest BCUT2D eigenvalue weighted by Crippen LogP contribution is -2.21. The lowest BCUT2D eigenvalue weighted by atomic mass is 10.1. The zero-order chi connectivity index (χ0) is 10.6. The van der Waals surface area contributed by atoms with Gasteiger partial charge in [-0.3, -0.25) is 0 Å². The molecule has 0 aliphatic carbocycles. The van der Waals surface area contributed by atoms with Crippen LogP contribution in [-0.2, 0) is 0 Å². The van der Waals surface area contributed by atoms with Crippen LogP contribution in [0.4, 0.5) is 5.82 Å². The van der Waals surface area contributed by atoms with E-state index in [-0.39, 0.29) is 12.1 Å². The van der Waals surface area contributed by atoms with Crippen LogP contribution in [0.3, 0.4) is 0 Å². The van der Waals surface area contributed by atoms with Gasteiger partial charge in [0.15, 0.2) is 5.15 Å². The van der Waals surface area contributed by atoms with E-state index in [1.54, 1.807) is 19.1 Å². The maximum absolute atomic E-state index is 9.15. The topological polar surface area (TPSA) is 58.0 Å². The lowest BCUT2D eigenvalue weighted by molar-refractivity contribution is 0.179. The molecule has 0 aliphatic heterocycles. The number of halogens is 1. The molecule has 1 aromatic heterocycles. The molecule has 4 nitrogen and oxygen atoms in total. The van der Waals surface area contributed by atoms with Crippen molar-refractivity contribution in [2.75, 3.05) is 5.32 Å². The Kier molecular flexibility index (Phi) is 4.10. The SMILES string of the molecule is CC(O)CC(C)Nc1ccc(Cl)nn1. The molecular formula is C9H14ClN3O. The van der Waals surface area contributed by atoms with Crippen LogP contribution < -0.4 is 5.32 Å². The Hall–Kier alpha value is -0.870. The van der Waals surface area contributed by atoms with Gasteiger partial charge in [-0.2, -0.15) is 0 Å². The summed E-state index contributed by atoms with van der Waals surface area (Å²) in [7, 11) is 0. The first-order valence-electron chi connectivity index (χ1n) is 4.51. The molecule has 0 aliphatic rings. The molecule has 2 atom stereocenters. The number of hydrogen-bond donors (Lipinski definition) is 2. The van der Waals surface area contributed by atoms with Crippen molar-refractivity contribution in [2.24, 2.45) is 0 Å². The van der Waals surface area contributed by atoms with Crippen LogP contribution in [-0.4, -0.2) is 27.4 Å². The van der Waals surface area contributed by atoms with E-state index >= 15 is 0 Å². The number of rotatable bonds is 4. The number of nitrogens with one attached hydrogen (secondary N) is 1. The Morgan fingerprint density at radius 2 is 2.14 bits per heavy atom. The van der Waals surface area contributed by atoms with Crippen molar-refractivity contribution >= 4 is 17.4 Å². The number of aliphatic hydroxyl groups excluding tert-OH is 1. The van der Waals surface area contributed by atoms with Crippen molar-refractivity contribution in [2.45, 2.75) is 32.4 Å². The standard InChI is InChI=1S/C9H14ClN3O/c1-6(5-7(2)14)11-9-4-3-8(10)12-13-9/h3-4,6-7,14H,5H2,1-2H3,(H,11,13). The molecule has 14 heavy (non-hydrogen) atoms. The predicted octanol–water partition coefficient (Wildman–Crippen LogP) is 1.70. The summed E-state index contributed by atoms with van der Waals surface area (Å²) in [6.07, 6.45) is 0.349. The second-order valence-corrected chi connectivity index (χ2v) is 3.76. The maximum Gasteiger partial charge on any atom is 0.151 e. The van der Waals surface area contributed by atoms with Crippen molar-refractivity contribution in [3.05, 3.63) is 17.3 Å². The molecule has 5 heteroatoms. The lowest BCUT2D eigenvalue weighted by Gasteiger charge is -2.15. The van der Waals surface area contributed by atoms with E-state index in [1.807, 2.05) is 6.92 Å². The van der Waals surface area contributed by atoms with Crippen LogP contribution >= 0.6 is 11.6 Å². The molecule has 2 N–H and O–H groups in total. The van der Waals surface area contributed by atoms with E-state index in [0.29, 0.717) is 17.4 Å². The fourth-order valence-corrected chi connectivity index (χ4v) is 1.32. The summed E-state index contributed by atoms with van der Waals surface area (Å²) in [5.74, 6) is 0.669. The minimum atomic E-state index is -0.322. The third-order valence-corrected chi connectivity index (χ3v) is 1.92. The van der Waals surface area contributed by atoms with Crippen LogP contribution in [0.25, 0.3) is 0 Å². The van der Waals surface area contributed by atoms with Crippen molar-refractivity contribution in [1.29, 1.82) is 0 Å². The number of nitrogens with zero attached hydrogens (tertiary/aromatic N) is 2. The van der Waals surface area contributed by atoms with Gasteiger partial charge in [0, 0.05) is 6.04 Å². The molecule has 0 saturated carbocycles. The first kappa shape index (κ1) is 11.2. The molecule has 0 saturated heterocycles. The predicted molar refractivity (Wildman–Crippen MR) is 56.4 cm³/mol. The van der Waals surface area contributed by atoms with E-state index in [1.165, 1.54) is 0 Å². The van der Waals surface area contributed by atoms with Gasteiger partial charge in [-0.05, 0) is 32.4 Å². The number of aliphatic hydroxyl groups is 1. The van der Waals surface area contributed by atoms with Crippen LogP contribution in [0.5, 0.6) is 0 Å². The molecular weight excluding hydrogens is 202 g/mol. The minimum Gasteiger partial charge on any atom is -0.393 e. The fourth-order valence-electron chi connectivity index (χ4n) is 1.22. The highest BCUT2D eigenvalue weighted by molar-refractivity contribution is 6.29. The van der Waals surface area contributed by atoms with E-state index < -0.39 is 0 Å². The molecule has 1 rings (SSSR count). The average molecular weight is 216 g/mol. The number of hydrogen-bond acceptors (Lipinski definition) is 4. The Balaban J connectivity index is 2.47. The molecule has 1 heterocycles. The van der Waals surface area contributed by atoms with E-state index in [4.69, 9.17) is 16.7 Å². The summed E-state index contributed by atoms with van der Waals surface area (Å²) in [5.41, 5.74) is 0. The van der Waals surface area contributed by atoms with Crippen LogP contribution in [0.15, 0.2) is 12.1 Å². The van der Waals surface area contributed by atoms with E-state index in [0.717, 1.165) is 0 Å². The van der Waals surface area contributed by atoms with Crippen LogP contribution in [0.1, 0.15) is 20.3 Å². The largest absolute Gasteiger partial charge is 0.393 e. The zero-order valence-corrected chi connectivity index (χ0v) is 8.99. The first-order valence-corrected chi connectivity index (χ1v) is 4.89. The van der Waals surface area contributed by atoms with Crippen molar-refractivity contribution in [3.63, 3.8) is 0 Å². The highest BCUT2D eigenvalue weighted by Gasteiger charge is 2.06. The van der Waals surface area contributed by atoms with E-state index in [2.05, 4.69) is 15.5 Å². The number of aromatic nitrogens is 2.